The van der Waals surface area contributed by atoms with Crippen molar-refractivity contribution in [2.45, 2.75) is 60.3 Å². The molecule has 2 rings (SSSR count). The minimum atomic E-state index is 0.578. The molecule has 0 N–H and O–H groups in total. The summed E-state index contributed by atoms with van der Waals surface area (Å²) in [5.74, 6) is 4.65. The third-order valence-corrected chi connectivity index (χ3v) is 5.79. The van der Waals surface area contributed by atoms with Crippen LogP contribution >= 0.6 is 0 Å². The fraction of sp³-hybridized carbons (Fsp3) is 0.938. The zero-order chi connectivity index (χ0) is 11.9. The first-order chi connectivity index (χ1) is 7.47. The van der Waals surface area contributed by atoms with Gasteiger partial charge in [-0.25, -0.2) is 0 Å². The molecule has 0 aromatic carbocycles. The maximum Gasteiger partial charge on any atom is -0.0301 e. The van der Waals surface area contributed by atoms with Crippen LogP contribution in [0.1, 0.15) is 60.3 Å². The molecule has 0 aromatic rings. The lowest BCUT2D eigenvalue weighted by Gasteiger charge is -2.55. The summed E-state index contributed by atoms with van der Waals surface area (Å²) < 4.78 is 0. The van der Waals surface area contributed by atoms with Crippen molar-refractivity contribution in [3.8, 4) is 0 Å². The maximum atomic E-state index is 2.52. The van der Waals surface area contributed by atoms with Crippen molar-refractivity contribution in [3.05, 3.63) is 6.42 Å². The maximum absolute atomic E-state index is 2.52. The normalized spacial score (nSPS) is 47.4. The smallest absolute Gasteiger partial charge is 0.0301 e. The molecule has 5 atom stereocenters. The quantitative estimate of drug-likeness (QED) is 0.588. The van der Waals surface area contributed by atoms with Crippen LogP contribution in [-0.4, -0.2) is 0 Å². The van der Waals surface area contributed by atoms with Gasteiger partial charge >= 0.3 is 0 Å². The number of fused-ring (bicyclic) bond motifs is 1. The van der Waals surface area contributed by atoms with Crippen LogP contribution in [0, 0.1) is 41.4 Å². The van der Waals surface area contributed by atoms with Crippen LogP contribution < -0.4 is 0 Å². The highest BCUT2D eigenvalue weighted by atomic mass is 14.5. The molecule has 16 heavy (non-hydrogen) atoms. The number of hydrogen-bond acceptors (Lipinski definition) is 0. The SMILES string of the molecule is C[CH]C1C(C)C(C)CC2CCCC(C)(C)C21. The second kappa shape index (κ2) is 4.35. The van der Waals surface area contributed by atoms with Gasteiger partial charge in [-0.3, -0.25) is 0 Å². The van der Waals surface area contributed by atoms with Crippen molar-refractivity contribution in [2.75, 3.05) is 0 Å². The van der Waals surface area contributed by atoms with E-state index in [1.54, 1.807) is 0 Å². The van der Waals surface area contributed by atoms with Crippen molar-refractivity contribution >= 4 is 0 Å². The Morgan fingerprint density at radius 2 is 1.88 bits per heavy atom. The van der Waals surface area contributed by atoms with Gasteiger partial charge in [0.15, 0.2) is 0 Å². The third kappa shape index (κ3) is 1.93. The molecule has 0 nitrogen and oxygen atoms in total. The third-order valence-electron chi connectivity index (χ3n) is 5.79. The van der Waals surface area contributed by atoms with Gasteiger partial charge in [0.2, 0.25) is 0 Å². The molecular weight excluding hydrogens is 192 g/mol. The highest BCUT2D eigenvalue weighted by molar-refractivity contribution is 5.01. The summed E-state index contributed by atoms with van der Waals surface area (Å²) in [4.78, 5) is 0. The predicted molar refractivity (Wildman–Crippen MR) is 71.0 cm³/mol. The van der Waals surface area contributed by atoms with E-state index in [2.05, 4.69) is 41.0 Å². The summed E-state index contributed by atoms with van der Waals surface area (Å²) in [6, 6.07) is 0. The standard InChI is InChI=1S/C16H29/c1-6-14-12(3)11(2)10-13-8-7-9-16(4,5)15(13)14/h6,11-15H,7-10H2,1-5H3. The molecule has 2 fully saturated rings. The topological polar surface area (TPSA) is 0 Å². The largest absolute Gasteiger partial charge is 0.0622 e. The lowest BCUT2D eigenvalue weighted by molar-refractivity contribution is -0.0400. The number of hydrogen-bond donors (Lipinski definition) is 0. The molecular formula is C16H29. The van der Waals surface area contributed by atoms with Crippen LogP contribution in [0.25, 0.3) is 0 Å². The van der Waals surface area contributed by atoms with Gasteiger partial charge in [-0.05, 0) is 54.3 Å². The molecule has 2 aliphatic rings. The molecule has 0 aromatic heterocycles. The predicted octanol–water partition coefficient (Wildman–Crippen LogP) is 4.95. The van der Waals surface area contributed by atoms with E-state index in [1.807, 2.05) is 0 Å². The zero-order valence-electron chi connectivity index (χ0n) is 11.8. The zero-order valence-corrected chi connectivity index (χ0v) is 11.8. The Kier molecular flexibility index (Phi) is 3.39. The first-order valence-corrected chi connectivity index (χ1v) is 7.27. The number of rotatable bonds is 1. The van der Waals surface area contributed by atoms with Crippen molar-refractivity contribution < 1.29 is 0 Å². The summed E-state index contributed by atoms with van der Waals surface area (Å²) in [6.07, 6.45) is 8.41. The van der Waals surface area contributed by atoms with Gasteiger partial charge in [0.1, 0.15) is 0 Å². The van der Waals surface area contributed by atoms with Gasteiger partial charge in [0, 0.05) is 0 Å². The van der Waals surface area contributed by atoms with E-state index in [4.69, 9.17) is 0 Å². The van der Waals surface area contributed by atoms with Crippen molar-refractivity contribution in [3.63, 3.8) is 0 Å². The van der Waals surface area contributed by atoms with Gasteiger partial charge < -0.3 is 0 Å². The minimum absolute atomic E-state index is 0.578. The van der Waals surface area contributed by atoms with Crippen LogP contribution in [-0.2, 0) is 0 Å². The van der Waals surface area contributed by atoms with E-state index in [-0.39, 0.29) is 0 Å². The van der Waals surface area contributed by atoms with Crippen LogP contribution in [0.2, 0.25) is 0 Å². The van der Waals surface area contributed by atoms with Crippen LogP contribution in [0.15, 0.2) is 0 Å². The molecule has 0 heterocycles. The monoisotopic (exact) mass is 221 g/mol. The highest BCUT2D eigenvalue weighted by Crippen LogP contribution is 2.56. The Labute approximate surface area is 102 Å². The fourth-order valence-electron chi connectivity index (χ4n) is 4.81. The summed E-state index contributed by atoms with van der Waals surface area (Å²) >= 11 is 0. The van der Waals surface area contributed by atoms with Crippen LogP contribution in [0.4, 0.5) is 0 Å². The van der Waals surface area contributed by atoms with Gasteiger partial charge in [-0.2, -0.15) is 0 Å². The van der Waals surface area contributed by atoms with Gasteiger partial charge in [-0.15, -0.1) is 0 Å². The summed E-state index contributed by atoms with van der Waals surface area (Å²) in [6.45, 7) is 12.3. The average molecular weight is 221 g/mol. The molecule has 0 amide bonds. The molecule has 0 heteroatoms. The Hall–Kier alpha value is 0. The minimum Gasteiger partial charge on any atom is -0.0622 e. The van der Waals surface area contributed by atoms with E-state index in [0.717, 1.165) is 29.6 Å². The second-order valence-corrected chi connectivity index (χ2v) is 7.15. The molecule has 1 radical (unpaired) electrons. The Morgan fingerprint density at radius 1 is 1.19 bits per heavy atom. The van der Waals surface area contributed by atoms with Crippen LogP contribution in [0.3, 0.4) is 0 Å². The van der Waals surface area contributed by atoms with Gasteiger partial charge in [0.05, 0.1) is 0 Å². The first kappa shape index (κ1) is 12.5. The summed E-state index contributed by atoms with van der Waals surface area (Å²) in [5, 5.41) is 0. The molecule has 0 saturated heterocycles. The van der Waals surface area contributed by atoms with Crippen molar-refractivity contribution in [1.82, 2.24) is 0 Å². The van der Waals surface area contributed by atoms with E-state index in [0.29, 0.717) is 5.41 Å². The molecule has 2 aliphatic carbocycles. The molecule has 93 valence electrons. The highest BCUT2D eigenvalue weighted by Gasteiger charge is 2.48. The van der Waals surface area contributed by atoms with Gasteiger partial charge in [-0.1, -0.05) is 47.5 Å². The van der Waals surface area contributed by atoms with E-state index in [1.165, 1.54) is 25.7 Å². The molecule has 0 bridgehead atoms. The molecule has 5 unspecified atom stereocenters. The first-order valence-electron chi connectivity index (χ1n) is 7.27. The summed E-state index contributed by atoms with van der Waals surface area (Å²) in [5.41, 5.74) is 0.578. The van der Waals surface area contributed by atoms with Crippen LogP contribution in [0.5, 0.6) is 0 Å². The Balaban J connectivity index is 2.25. The van der Waals surface area contributed by atoms with Crippen molar-refractivity contribution in [1.29, 1.82) is 0 Å². The lowest BCUT2D eigenvalue weighted by Crippen LogP contribution is -2.47. The Morgan fingerprint density at radius 3 is 2.50 bits per heavy atom. The van der Waals surface area contributed by atoms with E-state index in [9.17, 15) is 0 Å². The van der Waals surface area contributed by atoms with E-state index >= 15 is 0 Å². The second-order valence-electron chi connectivity index (χ2n) is 7.15. The van der Waals surface area contributed by atoms with Crippen molar-refractivity contribution in [2.24, 2.45) is 35.0 Å². The average Bonchev–Trinajstić information content (AvgIpc) is 2.20. The Bertz CT molecular complexity index is 240. The van der Waals surface area contributed by atoms with Gasteiger partial charge in [0.25, 0.3) is 0 Å². The lowest BCUT2D eigenvalue weighted by atomic mass is 9.50. The molecule has 0 aliphatic heterocycles. The van der Waals surface area contributed by atoms with E-state index < -0.39 is 0 Å². The fourth-order valence-corrected chi connectivity index (χ4v) is 4.81. The molecule has 0 spiro atoms. The molecule has 2 saturated carbocycles. The summed E-state index contributed by atoms with van der Waals surface area (Å²) in [7, 11) is 0.